The molecule has 8 nitrogen and oxygen atoms in total. The first-order valence-corrected chi connectivity index (χ1v) is 10.3. The number of rotatable bonds is 8. The smallest absolute Gasteiger partial charge is 0.338 e. The molecule has 1 heterocycles. The van der Waals surface area contributed by atoms with Gasteiger partial charge in [0.15, 0.2) is 12.4 Å². The molecule has 4 aromatic rings. The number of esters is 1. The molecule has 0 unspecified atom stereocenters. The second-order valence-corrected chi connectivity index (χ2v) is 7.25. The van der Waals surface area contributed by atoms with Gasteiger partial charge in [0, 0.05) is 5.69 Å². The number of hydrogen-bond donors (Lipinski definition) is 2. The van der Waals surface area contributed by atoms with Gasteiger partial charge in [-0.3, -0.25) is 0 Å². The van der Waals surface area contributed by atoms with E-state index in [9.17, 15) is 4.79 Å². The lowest BCUT2D eigenvalue weighted by molar-refractivity contribution is 0.0462. The number of nitrogens with two attached hydrogens (primary N) is 1. The zero-order valence-corrected chi connectivity index (χ0v) is 18.1. The maximum absolute atomic E-state index is 12.4. The number of para-hydroxylation sites is 1. The molecule has 33 heavy (non-hydrogen) atoms. The quantitative estimate of drug-likeness (QED) is 0.386. The minimum absolute atomic E-state index is 0.0343. The van der Waals surface area contributed by atoms with Gasteiger partial charge in [-0.15, -0.1) is 0 Å². The summed E-state index contributed by atoms with van der Waals surface area (Å²) in [5, 5.41) is 3.11. The molecule has 0 amide bonds. The Bertz CT molecular complexity index is 1230. The number of aromatic nitrogens is 3. The Morgan fingerprint density at radius 3 is 2.36 bits per heavy atom. The van der Waals surface area contributed by atoms with Gasteiger partial charge in [-0.2, -0.15) is 15.0 Å². The van der Waals surface area contributed by atoms with Gasteiger partial charge in [-0.05, 0) is 48.4 Å². The monoisotopic (exact) mass is 441 g/mol. The van der Waals surface area contributed by atoms with Crippen molar-refractivity contribution in [1.29, 1.82) is 0 Å². The molecule has 0 radical (unpaired) electrons. The third-order valence-electron chi connectivity index (χ3n) is 4.76. The average molecular weight is 441 g/mol. The third-order valence-corrected chi connectivity index (χ3v) is 4.76. The first-order valence-electron chi connectivity index (χ1n) is 10.3. The number of carbonyl (C=O) groups is 1. The molecule has 0 saturated heterocycles. The summed E-state index contributed by atoms with van der Waals surface area (Å²) in [5.41, 5.74) is 9.13. The van der Waals surface area contributed by atoms with Crippen molar-refractivity contribution in [1.82, 2.24) is 15.0 Å². The number of aryl methyl sites for hydroxylation is 1. The Labute approximate surface area is 191 Å². The fraction of sp³-hybridized carbons (Fsp3) is 0.120. The van der Waals surface area contributed by atoms with Gasteiger partial charge in [-0.25, -0.2) is 4.79 Å². The molecule has 0 spiro atoms. The molecule has 0 aliphatic carbocycles. The van der Waals surface area contributed by atoms with Crippen LogP contribution in [0, 0.1) is 6.92 Å². The number of nitrogen functional groups attached to an aromatic ring is 1. The van der Waals surface area contributed by atoms with Gasteiger partial charge < -0.3 is 20.5 Å². The molecule has 0 bridgehead atoms. The van der Waals surface area contributed by atoms with Crippen LogP contribution in [0.5, 0.6) is 5.75 Å². The summed E-state index contributed by atoms with van der Waals surface area (Å²) in [6, 6.07) is 24.3. The summed E-state index contributed by atoms with van der Waals surface area (Å²) in [6.45, 7) is 2.28. The molecule has 0 fully saturated rings. The second-order valence-electron chi connectivity index (χ2n) is 7.25. The van der Waals surface area contributed by atoms with Crippen molar-refractivity contribution in [3.8, 4) is 5.75 Å². The molecule has 3 N–H and O–H groups in total. The summed E-state index contributed by atoms with van der Waals surface area (Å²) in [7, 11) is 0. The van der Waals surface area contributed by atoms with Crippen LogP contribution < -0.4 is 15.8 Å². The highest BCUT2D eigenvalue weighted by atomic mass is 16.5. The maximum atomic E-state index is 12.4. The van der Waals surface area contributed by atoms with Crippen LogP contribution in [0.4, 0.5) is 17.6 Å². The summed E-state index contributed by atoms with van der Waals surface area (Å²) < 4.78 is 11.1. The van der Waals surface area contributed by atoms with Crippen LogP contribution in [0.2, 0.25) is 0 Å². The van der Waals surface area contributed by atoms with Crippen LogP contribution in [0.3, 0.4) is 0 Å². The summed E-state index contributed by atoms with van der Waals surface area (Å²) in [6.07, 6.45) is 0. The molecule has 0 atom stereocenters. The molecule has 1 aromatic heterocycles. The van der Waals surface area contributed by atoms with E-state index in [-0.39, 0.29) is 24.3 Å². The van der Waals surface area contributed by atoms with E-state index in [0.29, 0.717) is 17.9 Å². The summed E-state index contributed by atoms with van der Waals surface area (Å²) >= 11 is 0. The van der Waals surface area contributed by atoms with Crippen molar-refractivity contribution in [3.05, 3.63) is 101 Å². The molecular formula is C25H23N5O3. The number of ether oxygens (including phenoxy) is 2. The van der Waals surface area contributed by atoms with Crippen LogP contribution in [-0.4, -0.2) is 20.9 Å². The summed E-state index contributed by atoms with van der Waals surface area (Å²) in [5.74, 6) is 0.717. The summed E-state index contributed by atoms with van der Waals surface area (Å²) in [4.78, 5) is 24.9. The van der Waals surface area contributed by atoms with Crippen LogP contribution >= 0.6 is 0 Å². The molecule has 0 aliphatic rings. The molecule has 0 saturated carbocycles. The van der Waals surface area contributed by atoms with E-state index in [2.05, 4.69) is 20.3 Å². The Hall–Kier alpha value is -4.46. The van der Waals surface area contributed by atoms with Crippen molar-refractivity contribution in [2.75, 3.05) is 11.1 Å². The lowest BCUT2D eigenvalue weighted by Crippen LogP contribution is -2.11. The Balaban J connectivity index is 1.34. The van der Waals surface area contributed by atoms with Gasteiger partial charge in [0.05, 0.1) is 5.56 Å². The third kappa shape index (κ3) is 6.04. The first kappa shape index (κ1) is 21.8. The van der Waals surface area contributed by atoms with E-state index in [1.165, 1.54) is 0 Å². The van der Waals surface area contributed by atoms with Crippen molar-refractivity contribution in [2.45, 2.75) is 20.1 Å². The normalized spacial score (nSPS) is 10.5. The molecular weight excluding hydrogens is 418 g/mol. The molecule has 8 heteroatoms. The van der Waals surface area contributed by atoms with Crippen molar-refractivity contribution < 1.29 is 14.3 Å². The predicted octanol–water partition coefficient (Wildman–Crippen LogP) is 4.44. The predicted molar refractivity (Wildman–Crippen MR) is 125 cm³/mol. The van der Waals surface area contributed by atoms with E-state index in [0.717, 1.165) is 16.8 Å². The van der Waals surface area contributed by atoms with Crippen molar-refractivity contribution in [3.63, 3.8) is 0 Å². The lowest BCUT2D eigenvalue weighted by Gasteiger charge is -2.10. The minimum Gasteiger partial charge on any atom is -0.489 e. The van der Waals surface area contributed by atoms with Gasteiger partial charge in [0.25, 0.3) is 0 Å². The lowest BCUT2D eigenvalue weighted by atomic mass is 10.2. The van der Waals surface area contributed by atoms with Gasteiger partial charge in [0.2, 0.25) is 11.9 Å². The molecule has 0 aliphatic heterocycles. The zero-order valence-electron chi connectivity index (χ0n) is 18.1. The maximum Gasteiger partial charge on any atom is 0.338 e. The van der Waals surface area contributed by atoms with E-state index in [1.807, 2.05) is 61.5 Å². The first-order chi connectivity index (χ1) is 16.1. The second kappa shape index (κ2) is 10.2. The molecule has 4 rings (SSSR count). The van der Waals surface area contributed by atoms with E-state index in [4.69, 9.17) is 15.2 Å². The number of nitrogens with one attached hydrogen (secondary N) is 1. The highest BCUT2D eigenvalue weighted by molar-refractivity contribution is 5.89. The number of benzene rings is 3. The van der Waals surface area contributed by atoms with Crippen LogP contribution in [0.1, 0.15) is 27.3 Å². The molecule has 166 valence electrons. The number of anilines is 3. The van der Waals surface area contributed by atoms with Crippen LogP contribution in [-0.2, 0) is 18.0 Å². The fourth-order valence-electron chi connectivity index (χ4n) is 3.03. The van der Waals surface area contributed by atoms with Crippen molar-refractivity contribution >= 4 is 23.6 Å². The Morgan fingerprint density at radius 1 is 0.879 bits per heavy atom. The van der Waals surface area contributed by atoms with E-state index >= 15 is 0 Å². The van der Waals surface area contributed by atoms with E-state index < -0.39 is 5.97 Å². The average Bonchev–Trinajstić information content (AvgIpc) is 2.83. The Kier molecular flexibility index (Phi) is 6.75. The highest BCUT2D eigenvalue weighted by Crippen LogP contribution is 2.18. The SMILES string of the molecule is Cc1ccccc1Nc1nc(N)nc(COC(=O)c2ccc(OCc3ccccc3)cc2)n1. The zero-order chi connectivity index (χ0) is 23.0. The Morgan fingerprint density at radius 2 is 1.61 bits per heavy atom. The topological polar surface area (TPSA) is 112 Å². The van der Waals surface area contributed by atoms with Crippen LogP contribution in [0.25, 0.3) is 0 Å². The van der Waals surface area contributed by atoms with Crippen molar-refractivity contribution in [2.24, 2.45) is 0 Å². The highest BCUT2D eigenvalue weighted by Gasteiger charge is 2.11. The number of nitrogens with zero attached hydrogens (tertiary/aromatic N) is 3. The largest absolute Gasteiger partial charge is 0.489 e. The minimum atomic E-state index is -0.503. The van der Waals surface area contributed by atoms with Gasteiger partial charge in [-0.1, -0.05) is 48.5 Å². The van der Waals surface area contributed by atoms with Gasteiger partial charge >= 0.3 is 5.97 Å². The van der Waals surface area contributed by atoms with Crippen LogP contribution in [0.15, 0.2) is 78.9 Å². The van der Waals surface area contributed by atoms with E-state index in [1.54, 1.807) is 24.3 Å². The van der Waals surface area contributed by atoms with Gasteiger partial charge in [0.1, 0.15) is 12.4 Å². The number of hydrogen-bond acceptors (Lipinski definition) is 8. The fourth-order valence-corrected chi connectivity index (χ4v) is 3.03. The number of carbonyl (C=O) groups excluding carboxylic acids is 1. The standard InChI is InChI=1S/C25H23N5O3/c1-17-7-5-6-10-21(17)27-25-29-22(28-24(26)30-25)16-33-23(31)19-11-13-20(14-12-19)32-15-18-8-3-2-4-9-18/h2-14H,15-16H2,1H3,(H3,26,27,28,29,30). The molecule has 3 aromatic carbocycles.